The SMILES string of the molecule is CCC(CC)(c1noc(-c2cccc(C)n2)n1)P(=O)(O)O. The van der Waals surface area contributed by atoms with Crippen LogP contribution in [0.25, 0.3) is 11.6 Å². The summed E-state index contributed by atoms with van der Waals surface area (Å²) >= 11 is 0. The van der Waals surface area contributed by atoms with Gasteiger partial charge in [0, 0.05) is 5.69 Å². The molecule has 2 aromatic heterocycles. The summed E-state index contributed by atoms with van der Waals surface area (Å²) < 4.78 is 17.0. The molecule has 114 valence electrons. The second-order valence-electron chi connectivity index (χ2n) is 4.87. The summed E-state index contributed by atoms with van der Waals surface area (Å²) in [5, 5.41) is 2.37. The quantitative estimate of drug-likeness (QED) is 0.817. The molecule has 21 heavy (non-hydrogen) atoms. The van der Waals surface area contributed by atoms with Gasteiger partial charge >= 0.3 is 7.60 Å². The van der Waals surface area contributed by atoms with Crippen molar-refractivity contribution in [3.8, 4) is 11.6 Å². The van der Waals surface area contributed by atoms with Crippen LogP contribution in [0.4, 0.5) is 0 Å². The maximum atomic E-state index is 11.9. The summed E-state index contributed by atoms with van der Waals surface area (Å²) in [5.74, 6) is 0.188. The van der Waals surface area contributed by atoms with Gasteiger partial charge < -0.3 is 14.3 Å². The lowest BCUT2D eigenvalue weighted by atomic mass is 10.0. The molecule has 0 amide bonds. The molecule has 0 fully saturated rings. The zero-order chi connectivity index (χ0) is 15.7. The van der Waals surface area contributed by atoms with E-state index < -0.39 is 12.8 Å². The van der Waals surface area contributed by atoms with Gasteiger partial charge in [-0.1, -0.05) is 25.1 Å². The molecule has 0 aliphatic heterocycles. The summed E-state index contributed by atoms with van der Waals surface area (Å²) in [6.45, 7) is 5.23. The van der Waals surface area contributed by atoms with Crippen molar-refractivity contribution in [3.63, 3.8) is 0 Å². The number of aryl methyl sites for hydroxylation is 1. The second kappa shape index (κ2) is 5.67. The molecule has 0 unspecified atom stereocenters. The minimum atomic E-state index is -4.42. The van der Waals surface area contributed by atoms with E-state index >= 15 is 0 Å². The minimum Gasteiger partial charge on any atom is -0.332 e. The number of hydrogen-bond donors (Lipinski definition) is 2. The zero-order valence-electron chi connectivity index (χ0n) is 12.1. The Morgan fingerprint density at radius 1 is 1.24 bits per heavy atom. The third-order valence-corrected chi connectivity index (χ3v) is 5.62. The lowest BCUT2D eigenvalue weighted by Gasteiger charge is -2.28. The molecule has 0 atom stereocenters. The molecule has 2 N–H and O–H groups in total. The van der Waals surface area contributed by atoms with Crippen LogP contribution in [-0.4, -0.2) is 24.9 Å². The van der Waals surface area contributed by atoms with Crippen LogP contribution in [-0.2, 0) is 9.72 Å². The highest BCUT2D eigenvalue weighted by molar-refractivity contribution is 7.53. The molecular formula is C13H18N3O4P. The zero-order valence-corrected chi connectivity index (χ0v) is 13.0. The van der Waals surface area contributed by atoms with Gasteiger partial charge in [-0.3, -0.25) is 4.57 Å². The normalized spacial score (nSPS) is 12.6. The van der Waals surface area contributed by atoms with Crippen molar-refractivity contribution in [1.82, 2.24) is 15.1 Å². The molecular weight excluding hydrogens is 293 g/mol. The van der Waals surface area contributed by atoms with E-state index in [0.29, 0.717) is 5.69 Å². The van der Waals surface area contributed by atoms with Crippen LogP contribution in [0.5, 0.6) is 0 Å². The molecule has 8 heteroatoms. The number of nitrogens with zero attached hydrogens (tertiary/aromatic N) is 3. The molecule has 0 aliphatic rings. The largest absolute Gasteiger partial charge is 0.339 e. The molecule has 0 radical (unpaired) electrons. The standard InChI is InChI=1S/C13H18N3O4P/c1-4-13(5-2,21(17,18)19)12-15-11(20-16-12)10-8-6-7-9(3)14-10/h6-8H,4-5H2,1-3H3,(H2,17,18,19). The van der Waals surface area contributed by atoms with E-state index in [4.69, 9.17) is 4.52 Å². The maximum absolute atomic E-state index is 11.9. The average Bonchev–Trinajstić information content (AvgIpc) is 2.89. The second-order valence-corrected chi connectivity index (χ2v) is 6.81. The average molecular weight is 311 g/mol. The first-order valence-electron chi connectivity index (χ1n) is 6.68. The van der Waals surface area contributed by atoms with Crippen molar-refractivity contribution in [2.45, 2.75) is 38.8 Å². The van der Waals surface area contributed by atoms with Crippen molar-refractivity contribution in [2.24, 2.45) is 0 Å². The van der Waals surface area contributed by atoms with Crippen LogP contribution in [0.1, 0.15) is 38.2 Å². The van der Waals surface area contributed by atoms with Crippen LogP contribution >= 0.6 is 7.60 Å². The van der Waals surface area contributed by atoms with Crippen LogP contribution < -0.4 is 0 Å². The van der Waals surface area contributed by atoms with Crippen molar-refractivity contribution in [1.29, 1.82) is 0 Å². The predicted octanol–water partition coefficient (Wildman–Crippen LogP) is 2.63. The summed E-state index contributed by atoms with van der Waals surface area (Å²) in [6.07, 6.45) is 0.433. The van der Waals surface area contributed by atoms with Gasteiger partial charge in [0.15, 0.2) is 5.82 Å². The third kappa shape index (κ3) is 2.77. The Morgan fingerprint density at radius 3 is 2.43 bits per heavy atom. The van der Waals surface area contributed by atoms with E-state index in [-0.39, 0.29) is 24.6 Å². The maximum Gasteiger partial charge on any atom is 0.339 e. The van der Waals surface area contributed by atoms with Gasteiger partial charge in [0.1, 0.15) is 10.9 Å². The first-order valence-corrected chi connectivity index (χ1v) is 8.29. The Bertz CT molecular complexity index is 676. The monoisotopic (exact) mass is 311 g/mol. The first kappa shape index (κ1) is 15.8. The predicted molar refractivity (Wildman–Crippen MR) is 76.6 cm³/mol. The Labute approximate surface area is 122 Å². The van der Waals surface area contributed by atoms with Crippen molar-refractivity contribution < 1.29 is 18.9 Å². The number of rotatable bonds is 5. The van der Waals surface area contributed by atoms with E-state index in [0.717, 1.165) is 5.69 Å². The molecule has 2 aromatic rings. The Balaban J connectivity index is 2.50. The first-order chi connectivity index (χ1) is 9.84. The molecule has 2 rings (SSSR count). The van der Waals surface area contributed by atoms with Crippen LogP contribution in [0.2, 0.25) is 0 Å². The fraction of sp³-hybridized carbons (Fsp3) is 0.462. The fourth-order valence-electron chi connectivity index (χ4n) is 2.29. The smallest absolute Gasteiger partial charge is 0.332 e. The fourth-order valence-corrected chi connectivity index (χ4v) is 3.46. The summed E-state index contributed by atoms with van der Waals surface area (Å²) in [5.41, 5.74) is 1.28. The topological polar surface area (TPSA) is 109 Å². The van der Waals surface area contributed by atoms with Gasteiger partial charge in [-0.15, -0.1) is 0 Å². The van der Waals surface area contributed by atoms with Gasteiger partial charge in [0.05, 0.1) is 0 Å². The lowest BCUT2D eigenvalue weighted by Crippen LogP contribution is -2.26. The highest BCUT2D eigenvalue weighted by Crippen LogP contribution is 2.60. The molecule has 7 nitrogen and oxygen atoms in total. The van der Waals surface area contributed by atoms with Crippen molar-refractivity contribution >= 4 is 7.60 Å². The highest BCUT2D eigenvalue weighted by atomic mass is 31.2. The van der Waals surface area contributed by atoms with E-state index in [1.807, 2.05) is 13.0 Å². The Hall–Kier alpha value is -1.56. The Kier molecular flexibility index (Phi) is 4.27. The third-order valence-electron chi connectivity index (χ3n) is 3.68. The van der Waals surface area contributed by atoms with Crippen LogP contribution in [0.3, 0.4) is 0 Å². The summed E-state index contributed by atoms with van der Waals surface area (Å²) in [4.78, 5) is 27.8. The van der Waals surface area contributed by atoms with Crippen LogP contribution in [0, 0.1) is 6.92 Å². The van der Waals surface area contributed by atoms with E-state index in [1.54, 1.807) is 26.0 Å². The Morgan fingerprint density at radius 2 is 1.90 bits per heavy atom. The molecule has 0 aromatic carbocycles. The number of hydrogen-bond acceptors (Lipinski definition) is 5. The molecule has 2 heterocycles. The van der Waals surface area contributed by atoms with E-state index in [2.05, 4.69) is 15.1 Å². The molecule has 0 saturated carbocycles. The highest BCUT2D eigenvalue weighted by Gasteiger charge is 2.49. The van der Waals surface area contributed by atoms with Gasteiger partial charge in [-0.2, -0.15) is 4.98 Å². The molecule has 0 spiro atoms. The van der Waals surface area contributed by atoms with Crippen LogP contribution in [0.15, 0.2) is 22.7 Å². The van der Waals surface area contributed by atoms with Gasteiger partial charge in [-0.05, 0) is 31.9 Å². The van der Waals surface area contributed by atoms with Gasteiger partial charge in [0.25, 0.3) is 5.89 Å². The van der Waals surface area contributed by atoms with Crippen molar-refractivity contribution in [2.75, 3.05) is 0 Å². The van der Waals surface area contributed by atoms with E-state index in [9.17, 15) is 14.4 Å². The van der Waals surface area contributed by atoms with E-state index in [1.165, 1.54) is 0 Å². The number of aromatic nitrogens is 3. The van der Waals surface area contributed by atoms with Crippen molar-refractivity contribution in [3.05, 3.63) is 29.7 Å². The van der Waals surface area contributed by atoms with Gasteiger partial charge in [0.2, 0.25) is 0 Å². The lowest BCUT2D eigenvalue weighted by molar-refractivity contribution is 0.302. The van der Waals surface area contributed by atoms with Gasteiger partial charge in [-0.25, -0.2) is 4.98 Å². The molecule has 0 aliphatic carbocycles. The minimum absolute atomic E-state index is 0.0270. The summed E-state index contributed by atoms with van der Waals surface area (Å²) in [7, 11) is -4.42. The molecule has 0 saturated heterocycles. The summed E-state index contributed by atoms with van der Waals surface area (Å²) in [6, 6.07) is 5.34. The molecule has 0 bridgehead atoms. The number of pyridine rings is 1.